The average Bonchev–Trinajstić information content (AvgIpc) is 2.58. The van der Waals surface area contributed by atoms with Crippen molar-refractivity contribution in [2.75, 3.05) is 0 Å². The largest absolute Gasteiger partial charge is 0.325 e. The molecular weight excluding hydrogens is 272 g/mol. The molecule has 0 radical (unpaired) electrons. The van der Waals surface area contributed by atoms with E-state index < -0.39 is 0 Å². The topological polar surface area (TPSA) is 38.9 Å². The molecule has 0 atom stereocenters. The summed E-state index contributed by atoms with van der Waals surface area (Å²) in [6, 6.07) is 4.26. The highest BCUT2D eigenvalue weighted by Crippen LogP contribution is 2.32. The first-order valence-corrected chi connectivity index (χ1v) is 6.51. The highest BCUT2D eigenvalue weighted by molar-refractivity contribution is 9.10. The Kier molecular flexibility index (Phi) is 3.09. The van der Waals surface area contributed by atoms with Gasteiger partial charge in [-0.2, -0.15) is 0 Å². The van der Waals surface area contributed by atoms with Crippen LogP contribution in [0.1, 0.15) is 30.3 Å². The normalized spacial score (nSPS) is 11.5. The Labute approximate surface area is 102 Å². The predicted molar refractivity (Wildman–Crippen MR) is 69.3 cm³/mol. The van der Waals surface area contributed by atoms with E-state index in [4.69, 9.17) is 5.73 Å². The fourth-order valence-electron chi connectivity index (χ4n) is 1.59. The first-order valence-electron chi connectivity index (χ1n) is 4.90. The molecule has 0 aliphatic carbocycles. The van der Waals surface area contributed by atoms with Crippen molar-refractivity contribution in [3.05, 3.63) is 27.2 Å². The summed E-state index contributed by atoms with van der Waals surface area (Å²) in [5.41, 5.74) is 8.01. The van der Waals surface area contributed by atoms with Crippen LogP contribution in [0.2, 0.25) is 0 Å². The number of rotatable bonds is 2. The third-order valence-corrected chi connectivity index (χ3v) is 3.81. The first kappa shape index (κ1) is 11.0. The van der Waals surface area contributed by atoms with Gasteiger partial charge in [0.1, 0.15) is 5.01 Å². The van der Waals surface area contributed by atoms with E-state index in [2.05, 4.69) is 46.9 Å². The third-order valence-electron chi connectivity index (χ3n) is 2.33. The molecule has 0 amide bonds. The van der Waals surface area contributed by atoms with Gasteiger partial charge in [0.25, 0.3) is 0 Å². The summed E-state index contributed by atoms with van der Waals surface area (Å²) in [5.74, 6) is 0.484. The van der Waals surface area contributed by atoms with Crippen LogP contribution in [0.4, 0.5) is 0 Å². The third kappa shape index (κ3) is 2.07. The Morgan fingerprint density at radius 3 is 2.80 bits per heavy atom. The van der Waals surface area contributed by atoms with Gasteiger partial charge < -0.3 is 5.73 Å². The molecule has 1 aromatic carbocycles. The van der Waals surface area contributed by atoms with Crippen molar-refractivity contribution in [2.24, 2.45) is 5.73 Å². The number of nitrogens with zero attached hydrogens (tertiary/aromatic N) is 1. The molecule has 0 unspecified atom stereocenters. The Bertz CT molecular complexity index is 491. The Hall–Kier alpha value is -0.450. The zero-order chi connectivity index (χ0) is 11.0. The Morgan fingerprint density at radius 2 is 2.20 bits per heavy atom. The van der Waals surface area contributed by atoms with Gasteiger partial charge in [-0.3, -0.25) is 0 Å². The lowest BCUT2D eigenvalue weighted by molar-refractivity contribution is 0.871. The summed E-state index contributed by atoms with van der Waals surface area (Å²) in [6.07, 6.45) is 0. The summed E-state index contributed by atoms with van der Waals surface area (Å²) in [7, 11) is 0. The molecule has 1 aromatic heterocycles. The van der Waals surface area contributed by atoms with Crippen LogP contribution in [0.15, 0.2) is 16.6 Å². The number of nitrogens with two attached hydrogens (primary N) is 1. The second kappa shape index (κ2) is 4.20. The molecule has 2 rings (SSSR count). The second-order valence-electron chi connectivity index (χ2n) is 3.81. The lowest BCUT2D eigenvalue weighted by Gasteiger charge is -2.06. The molecular formula is C11H13BrN2S. The predicted octanol–water partition coefficient (Wildman–Crippen LogP) is 3.64. The van der Waals surface area contributed by atoms with Gasteiger partial charge in [0.05, 0.1) is 10.2 Å². The minimum atomic E-state index is 0.484. The van der Waals surface area contributed by atoms with Gasteiger partial charge in [0.15, 0.2) is 0 Å². The zero-order valence-corrected chi connectivity index (χ0v) is 11.2. The van der Waals surface area contributed by atoms with Crippen LogP contribution in [0.5, 0.6) is 0 Å². The molecule has 0 aliphatic heterocycles. The fourth-order valence-corrected chi connectivity index (χ4v) is 3.14. The van der Waals surface area contributed by atoms with Gasteiger partial charge in [-0.1, -0.05) is 29.8 Å². The highest BCUT2D eigenvalue weighted by atomic mass is 79.9. The summed E-state index contributed by atoms with van der Waals surface area (Å²) in [4.78, 5) is 4.57. The van der Waals surface area contributed by atoms with Crippen molar-refractivity contribution < 1.29 is 0 Å². The van der Waals surface area contributed by atoms with Crippen LogP contribution >= 0.6 is 27.3 Å². The standard InChI is InChI=1S/C11H13BrN2S/c1-6(2)8-3-7(12)4-9-11(8)14-10(5-13)15-9/h3-4,6H,5,13H2,1-2H3. The molecule has 2 N–H and O–H groups in total. The van der Waals surface area contributed by atoms with Crippen LogP contribution in [0.3, 0.4) is 0 Å². The lowest BCUT2D eigenvalue weighted by Crippen LogP contribution is -1.95. The molecule has 0 saturated heterocycles. The molecule has 0 saturated carbocycles. The van der Waals surface area contributed by atoms with Crippen molar-refractivity contribution in [1.82, 2.24) is 4.98 Å². The van der Waals surface area contributed by atoms with E-state index in [0.717, 1.165) is 15.0 Å². The van der Waals surface area contributed by atoms with Gasteiger partial charge in [0, 0.05) is 11.0 Å². The second-order valence-corrected chi connectivity index (χ2v) is 5.84. The highest BCUT2D eigenvalue weighted by Gasteiger charge is 2.11. The molecule has 0 fully saturated rings. The molecule has 15 heavy (non-hydrogen) atoms. The van der Waals surface area contributed by atoms with E-state index in [1.807, 2.05) is 0 Å². The number of benzene rings is 1. The molecule has 0 bridgehead atoms. The van der Waals surface area contributed by atoms with E-state index in [0.29, 0.717) is 12.5 Å². The van der Waals surface area contributed by atoms with E-state index in [9.17, 15) is 0 Å². The lowest BCUT2D eigenvalue weighted by atomic mass is 10.0. The number of thiazole rings is 1. The molecule has 0 aliphatic rings. The van der Waals surface area contributed by atoms with Crippen LogP contribution in [0.25, 0.3) is 10.2 Å². The number of hydrogen-bond acceptors (Lipinski definition) is 3. The molecule has 0 spiro atoms. The van der Waals surface area contributed by atoms with Gasteiger partial charge >= 0.3 is 0 Å². The zero-order valence-electron chi connectivity index (χ0n) is 8.75. The molecule has 80 valence electrons. The minimum Gasteiger partial charge on any atom is -0.325 e. The van der Waals surface area contributed by atoms with Crippen molar-refractivity contribution in [2.45, 2.75) is 26.3 Å². The van der Waals surface area contributed by atoms with E-state index in [1.54, 1.807) is 11.3 Å². The van der Waals surface area contributed by atoms with Crippen LogP contribution in [-0.2, 0) is 6.54 Å². The number of hydrogen-bond donors (Lipinski definition) is 1. The number of fused-ring (bicyclic) bond motifs is 1. The van der Waals surface area contributed by atoms with Crippen LogP contribution in [0, 0.1) is 0 Å². The van der Waals surface area contributed by atoms with Gasteiger partial charge in [-0.15, -0.1) is 11.3 Å². The minimum absolute atomic E-state index is 0.484. The molecule has 4 heteroatoms. The van der Waals surface area contributed by atoms with Crippen molar-refractivity contribution in [3.8, 4) is 0 Å². The van der Waals surface area contributed by atoms with Gasteiger partial charge in [-0.05, 0) is 23.6 Å². The van der Waals surface area contributed by atoms with Crippen molar-refractivity contribution in [1.29, 1.82) is 0 Å². The maximum atomic E-state index is 5.61. The van der Waals surface area contributed by atoms with E-state index in [1.165, 1.54) is 10.3 Å². The smallest absolute Gasteiger partial charge is 0.107 e. The molecule has 1 heterocycles. The van der Waals surface area contributed by atoms with Crippen molar-refractivity contribution in [3.63, 3.8) is 0 Å². The number of aromatic nitrogens is 1. The SMILES string of the molecule is CC(C)c1cc(Br)cc2sc(CN)nc12. The van der Waals surface area contributed by atoms with Gasteiger partial charge in [0.2, 0.25) is 0 Å². The van der Waals surface area contributed by atoms with E-state index >= 15 is 0 Å². The first-order chi connectivity index (χ1) is 7.11. The van der Waals surface area contributed by atoms with Gasteiger partial charge in [-0.25, -0.2) is 4.98 Å². The van der Waals surface area contributed by atoms with Crippen LogP contribution < -0.4 is 5.73 Å². The quantitative estimate of drug-likeness (QED) is 0.915. The Balaban J connectivity index is 2.72. The summed E-state index contributed by atoms with van der Waals surface area (Å²) < 4.78 is 2.33. The average molecular weight is 285 g/mol. The molecule has 2 aromatic rings. The van der Waals surface area contributed by atoms with E-state index in [-0.39, 0.29) is 0 Å². The van der Waals surface area contributed by atoms with Crippen molar-refractivity contribution >= 4 is 37.5 Å². The Morgan fingerprint density at radius 1 is 1.47 bits per heavy atom. The molecule has 2 nitrogen and oxygen atoms in total. The maximum Gasteiger partial charge on any atom is 0.107 e. The van der Waals surface area contributed by atoms with Crippen LogP contribution in [-0.4, -0.2) is 4.98 Å². The number of halogens is 1. The summed E-state index contributed by atoms with van der Waals surface area (Å²) in [5, 5.41) is 1.00. The fraction of sp³-hybridized carbons (Fsp3) is 0.364. The maximum absolute atomic E-state index is 5.61. The summed E-state index contributed by atoms with van der Waals surface area (Å²) in [6.45, 7) is 4.89. The monoisotopic (exact) mass is 284 g/mol. The summed E-state index contributed by atoms with van der Waals surface area (Å²) >= 11 is 5.21.